The summed E-state index contributed by atoms with van der Waals surface area (Å²) in [7, 11) is 0. The number of nitrogens with zero attached hydrogens (tertiary/aromatic N) is 1. The topological polar surface area (TPSA) is 205 Å². The van der Waals surface area contributed by atoms with E-state index in [1.165, 1.54) is 17.0 Å². The number of carbonyl (C=O) groups is 5. The van der Waals surface area contributed by atoms with Gasteiger partial charge in [-0.3, -0.25) is 19.2 Å². The third-order valence-electron chi connectivity index (χ3n) is 6.48. The molecule has 1 aliphatic rings. The van der Waals surface area contributed by atoms with Crippen molar-refractivity contribution in [1.29, 1.82) is 0 Å². The van der Waals surface area contributed by atoms with Crippen molar-refractivity contribution in [3.05, 3.63) is 65.7 Å². The van der Waals surface area contributed by atoms with Crippen molar-refractivity contribution in [1.82, 2.24) is 15.5 Å². The predicted octanol–water partition coefficient (Wildman–Crippen LogP) is -0.575. The van der Waals surface area contributed by atoms with Crippen LogP contribution in [-0.2, 0) is 36.8 Å². The van der Waals surface area contributed by atoms with Crippen molar-refractivity contribution >= 4 is 29.6 Å². The van der Waals surface area contributed by atoms with E-state index in [0.717, 1.165) is 5.56 Å². The Labute approximate surface area is 225 Å². The largest absolute Gasteiger partial charge is 0.508 e. The van der Waals surface area contributed by atoms with Crippen LogP contribution in [0.4, 0.5) is 0 Å². The highest BCUT2D eigenvalue weighted by atomic mass is 16.4. The molecule has 12 nitrogen and oxygen atoms in total. The van der Waals surface area contributed by atoms with Gasteiger partial charge in [0.25, 0.3) is 0 Å². The number of primary amides is 1. The molecular formula is C27H33N5O7. The summed E-state index contributed by atoms with van der Waals surface area (Å²) in [5.41, 5.74) is 12.3. The van der Waals surface area contributed by atoms with Crippen LogP contribution in [0.2, 0.25) is 0 Å². The third-order valence-corrected chi connectivity index (χ3v) is 6.48. The molecule has 8 N–H and O–H groups in total. The van der Waals surface area contributed by atoms with Gasteiger partial charge in [-0.1, -0.05) is 42.5 Å². The Bertz CT molecular complexity index is 1190. The number of phenolic OH excluding ortho intramolecular Hbond substituents is 1. The lowest BCUT2D eigenvalue weighted by atomic mass is 10.0. The van der Waals surface area contributed by atoms with Crippen molar-refractivity contribution < 1.29 is 34.2 Å². The van der Waals surface area contributed by atoms with Crippen molar-refractivity contribution in [2.75, 3.05) is 6.54 Å². The number of aromatic hydroxyl groups is 1. The van der Waals surface area contributed by atoms with E-state index < -0.39 is 53.8 Å². The molecule has 1 fully saturated rings. The van der Waals surface area contributed by atoms with Crippen LogP contribution in [-0.4, -0.2) is 75.4 Å². The first-order valence-electron chi connectivity index (χ1n) is 12.5. The minimum atomic E-state index is -1.30. The summed E-state index contributed by atoms with van der Waals surface area (Å²) < 4.78 is 0. The van der Waals surface area contributed by atoms with Crippen molar-refractivity contribution in [3.8, 4) is 5.75 Å². The van der Waals surface area contributed by atoms with E-state index in [9.17, 15) is 34.2 Å². The lowest BCUT2D eigenvalue weighted by Crippen LogP contribution is -2.57. The van der Waals surface area contributed by atoms with Crippen LogP contribution in [0.1, 0.15) is 30.4 Å². The minimum absolute atomic E-state index is 0.0234. The Morgan fingerprint density at radius 2 is 1.54 bits per heavy atom. The molecule has 0 bridgehead atoms. The highest BCUT2D eigenvalue weighted by molar-refractivity contribution is 5.95. The smallest absolute Gasteiger partial charge is 0.326 e. The number of carbonyl (C=O) groups excluding carboxylic acids is 4. The van der Waals surface area contributed by atoms with E-state index in [2.05, 4.69) is 10.6 Å². The number of aliphatic carboxylic acids is 1. The van der Waals surface area contributed by atoms with Crippen molar-refractivity contribution in [2.45, 2.75) is 56.3 Å². The van der Waals surface area contributed by atoms with Gasteiger partial charge in [-0.25, -0.2) is 4.79 Å². The highest BCUT2D eigenvalue weighted by Crippen LogP contribution is 2.19. The molecular weight excluding hydrogens is 506 g/mol. The van der Waals surface area contributed by atoms with Gasteiger partial charge >= 0.3 is 5.97 Å². The Kier molecular flexibility index (Phi) is 9.98. The van der Waals surface area contributed by atoms with Gasteiger partial charge in [-0.05, 0) is 36.1 Å². The maximum Gasteiger partial charge on any atom is 0.326 e. The molecule has 0 radical (unpaired) electrons. The SMILES string of the molecule is NC(=O)CC(N)C(=O)N1CCCC1C(=O)NC(Cc1ccccc1)C(=O)NC(Cc1ccc(O)cc1)C(=O)O. The van der Waals surface area contributed by atoms with E-state index in [4.69, 9.17) is 11.5 Å². The van der Waals surface area contributed by atoms with Crippen molar-refractivity contribution in [3.63, 3.8) is 0 Å². The van der Waals surface area contributed by atoms with Crippen LogP contribution in [0.5, 0.6) is 5.75 Å². The molecule has 0 aliphatic carbocycles. The molecule has 1 heterocycles. The monoisotopic (exact) mass is 539 g/mol. The highest BCUT2D eigenvalue weighted by Gasteiger charge is 2.38. The molecule has 0 spiro atoms. The normalized spacial score (nSPS) is 17.1. The second kappa shape index (κ2) is 13.4. The fraction of sp³-hybridized carbons (Fsp3) is 0.370. The molecule has 12 heteroatoms. The molecule has 0 aromatic heterocycles. The number of hydrogen-bond donors (Lipinski definition) is 6. The van der Waals surface area contributed by atoms with Crippen LogP contribution in [0.15, 0.2) is 54.6 Å². The molecule has 1 aliphatic heterocycles. The van der Waals surface area contributed by atoms with Crippen LogP contribution in [0, 0.1) is 0 Å². The Balaban J connectivity index is 1.76. The molecule has 2 aromatic carbocycles. The molecule has 4 atom stereocenters. The zero-order chi connectivity index (χ0) is 28.5. The zero-order valence-electron chi connectivity index (χ0n) is 21.3. The van der Waals surface area contributed by atoms with Gasteiger partial charge in [0.2, 0.25) is 23.6 Å². The van der Waals surface area contributed by atoms with E-state index in [-0.39, 0.29) is 31.6 Å². The number of nitrogens with two attached hydrogens (primary N) is 2. The fourth-order valence-electron chi connectivity index (χ4n) is 4.49. The number of carboxylic acids is 1. The molecule has 0 saturated carbocycles. The number of nitrogens with one attached hydrogen (secondary N) is 2. The fourth-order valence-corrected chi connectivity index (χ4v) is 4.49. The first-order chi connectivity index (χ1) is 18.5. The summed E-state index contributed by atoms with van der Waals surface area (Å²) in [5.74, 6) is -3.87. The van der Waals surface area contributed by atoms with E-state index in [1.807, 2.05) is 0 Å². The second-order valence-corrected chi connectivity index (χ2v) is 9.49. The van der Waals surface area contributed by atoms with Gasteiger partial charge in [0.15, 0.2) is 0 Å². The molecule has 39 heavy (non-hydrogen) atoms. The van der Waals surface area contributed by atoms with Gasteiger partial charge in [-0.15, -0.1) is 0 Å². The zero-order valence-corrected chi connectivity index (χ0v) is 21.3. The van der Waals surface area contributed by atoms with Crippen LogP contribution in [0.3, 0.4) is 0 Å². The summed E-state index contributed by atoms with van der Waals surface area (Å²) >= 11 is 0. The maximum absolute atomic E-state index is 13.3. The number of benzene rings is 2. The van der Waals surface area contributed by atoms with Gasteiger partial charge in [-0.2, -0.15) is 0 Å². The van der Waals surface area contributed by atoms with Crippen LogP contribution in [0.25, 0.3) is 0 Å². The van der Waals surface area contributed by atoms with Crippen LogP contribution >= 0.6 is 0 Å². The lowest BCUT2D eigenvalue weighted by Gasteiger charge is -2.28. The first kappa shape index (κ1) is 29.1. The van der Waals surface area contributed by atoms with E-state index in [0.29, 0.717) is 18.4 Å². The lowest BCUT2D eigenvalue weighted by molar-refractivity contribution is -0.143. The number of amides is 4. The summed E-state index contributed by atoms with van der Waals surface area (Å²) in [6.45, 7) is 0.257. The van der Waals surface area contributed by atoms with E-state index >= 15 is 0 Å². The maximum atomic E-state index is 13.3. The average Bonchev–Trinajstić information content (AvgIpc) is 3.39. The number of phenols is 1. The quantitative estimate of drug-likeness (QED) is 0.205. The minimum Gasteiger partial charge on any atom is -0.508 e. The third kappa shape index (κ3) is 8.27. The molecule has 1 saturated heterocycles. The van der Waals surface area contributed by atoms with Gasteiger partial charge < -0.3 is 37.2 Å². The van der Waals surface area contributed by atoms with Gasteiger partial charge in [0.1, 0.15) is 23.9 Å². The summed E-state index contributed by atoms with van der Waals surface area (Å²) in [6, 6.07) is 10.3. The molecule has 4 unspecified atom stereocenters. The molecule has 208 valence electrons. The Morgan fingerprint density at radius 3 is 2.15 bits per heavy atom. The van der Waals surface area contributed by atoms with Crippen molar-refractivity contribution in [2.24, 2.45) is 11.5 Å². The summed E-state index contributed by atoms with van der Waals surface area (Å²) in [4.78, 5) is 63.8. The Morgan fingerprint density at radius 1 is 0.923 bits per heavy atom. The first-order valence-corrected chi connectivity index (χ1v) is 12.5. The number of carboxylic acid groups (broad SMARTS) is 1. The number of rotatable bonds is 12. The summed E-state index contributed by atoms with van der Waals surface area (Å²) in [5, 5.41) is 24.4. The van der Waals surface area contributed by atoms with E-state index in [1.54, 1.807) is 42.5 Å². The average molecular weight is 540 g/mol. The number of likely N-dealkylation sites (tertiary alicyclic amines) is 1. The van der Waals surface area contributed by atoms with Gasteiger partial charge in [0, 0.05) is 19.4 Å². The predicted molar refractivity (Wildman–Crippen MR) is 140 cm³/mol. The summed E-state index contributed by atoms with van der Waals surface area (Å²) in [6.07, 6.45) is 0.525. The Hall–Kier alpha value is -4.45. The number of hydrogen-bond acceptors (Lipinski definition) is 7. The van der Waals surface area contributed by atoms with Gasteiger partial charge in [0.05, 0.1) is 12.5 Å². The van der Waals surface area contributed by atoms with Crippen LogP contribution < -0.4 is 22.1 Å². The molecule has 3 rings (SSSR count). The standard InChI is InChI=1S/C27H33N5O7/c28-19(15-23(29)34)26(37)32-12-4-7-22(32)25(36)30-20(13-16-5-2-1-3-6-16)24(35)31-21(27(38)39)14-17-8-10-18(33)11-9-17/h1-3,5-6,8-11,19-22,33H,4,7,12-15,28H2,(H2,29,34)(H,30,36)(H,31,35)(H,38,39). The molecule has 4 amide bonds. The second-order valence-electron chi connectivity index (χ2n) is 9.49. The molecule has 2 aromatic rings.